The number of nitrogens with zero attached hydrogens (tertiary/aromatic N) is 6. The van der Waals surface area contributed by atoms with Gasteiger partial charge in [-0.25, -0.2) is 4.98 Å². The maximum atomic E-state index is 4.75. The van der Waals surface area contributed by atoms with E-state index in [1.807, 2.05) is 0 Å². The second-order valence-corrected chi connectivity index (χ2v) is 6.42. The molecule has 0 spiro atoms. The molecule has 1 saturated heterocycles. The monoisotopic (exact) mass is 313 g/mol. The van der Waals surface area contributed by atoms with E-state index in [0.717, 1.165) is 60.7 Å². The van der Waals surface area contributed by atoms with Crippen LogP contribution >= 0.6 is 0 Å². The quantitative estimate of drug-likeness (QED) is 0.928. The summed E-state index contributed by atoms with van der Waals surface area (Å²) in [6.45, 7) is 7.92. The van der Waals surface area contributed by atoms with Gasteiger partial charge in [0.15, 0.2) is 5.82 Å². The molecule has 0 radical (unpaired) electrons. The van der Waals surface area contributed by atoms with Crippen LogP contribution in [0.15, 0.2) is 0 Å². The molecule has 2 aromatic heterocycles. The highest BCUT2D eigenvalue weighted by Crippen LogP contribution is 2.23. The van der Waals surface area contributed by atoms with Gasteiger partial charge in [-0.15, -0.1) is 10.2 Å². The lowest BCUT2D eigenvalue weighted by Gasteiger charge is -2.18. The first-order valence-electron chi connectivity index (χ1n) is 8.47. The summed E-state index contributed by atoms with van der Waals surface area (Å²) in [5.74, 6) is 3.86. The van der Waals surface area contributed by atoms with Crippen molar-refractivity contribution in [3.05, 3.63) is 22.9 Å². The lowest BCUT2D eigenvalue weighted by atomic mass is 10.2. The Kier molecular flexibility index (Phi) is 3.63. The van der Waals surface area contributed by atoms with Gasteiger partial charge in [0.05, 0.1) is 6.54 Å². The number of nitrogens with one attached hydrogen (secondary N) is 1. The van der Waals surface area contributed by atoms with Crippen LogP contribution in [-0.2, 0) is 19.5 Å². The fourth-order valence-electron chi connectivity index (χ4n) is 3.35. The molecule has 0 unspecified atom stereocenters. The molecule has 0 atom stereocenters. The van der Waals surface area contributed by atoms with Crippen LogP contribution in [0.1, 0.15) is 42.2 Å². The van der Waals surface area contributed by atoms with Gasteiger partial charge < -0.3 is 14.8 Å². The standard InChI is InChI=1S/C16H23N7/c1-11-12(2)18-16(22-7-3-4-8-22)19-15(11)17-10-14-21-20-13-6-5-9-23(13)14/h3-10H2,1-2H3,(H,17,18,19). The highest BCUT2D eigenvalue weighted by atomic mass is 15.3. The highest BCUT2D eigenvalue weighted by Gasteiger charge is 2.19. The highest BCUT2D eigenvalue weighted by molar-refractivity contribution is 5.50. The van der Waals surface area contributed by atoms with Crippen molar-refractivity contribution in [2.24, 2.45) is 0 Å². The Morgan fingerprint density at radius 3 is 2.65 bits per heavy atom. The maximum Gasteiger partial charge on any atom is 0.227 e. The number of fused-ring (bicyclic) bond motifs is 1. The maximum absolute atomic E-state index is 4.75. The van der Waals surface area contributed by atoms with Gasteiger partial charge >= 0.3 is 0 Å². The second-order valence-electron chi connectivity index (χ2n) is 6.42. The molecule has 0 amide bonds. The molecule has 4 heterocycles. The molecule has 7 heteroatoms. The van der Waals surface area contributed by atoms with Crippen LogP contribution in [0.2, 0.25) is 0 Å². The van der Waals surface area contributed by atoms with E-state index in [-0.39, 0.29) is 0 Å². The van der Waals surface area contributed by atoms with E-state index in [1.165, 1.54) is 19.3 Å². The van der Waals surface area contributed by atoms with Crippen LogP contribution < -0.4 is 10.2 Å². The van der Waals surface area contributed by atoms with Crippen molar-refractivity contribution in [3.63, 3.8) is 0 Å². The predicted molar refractivity (Wildman–Crippen MR) is 88.6 cm³/mol. The average molecular weight is 313 g/mol. The van der Waals surface area contributed by atoms with Gasteiger partial charge in [0, 0.05) is 37.3 Å². The van der Waals surface area contributed by atoms with Crippen LogP contribution in [0.25, 0.3) is 0 Å². The van der Waals surface area contributed by atoms with Crippen molar-refractivity contribution in [2.45, 2.75) is 52.6 Å². The minimum Gasteiger partial charge on any atom is -0.362 e. The van der Waals surface area contributed by atoms with Gasteiger partial charge in [0.2, 0.25) is 5.95 Å². The third kappa shape index (κ3) is 2.64. The van der Waals surface area contributed by atoms with E-state index in [2.05, 4.69) is 43.8 Å². The Hall–Kier alpha value is -2.18. The molecule has 1 fully saturated rings. The summed E-state index contributed by atoms with van der Waals surface area (Å²) in [4.78, 5) is 11.7. The van der Waals surface area contributed by atoms with Gasteiger partial charge in [-0.2, -0.15) is 4.98 Å². The molecule has 1 N–H and O–H groups in total. The minimum absolute atomic E-state index is 0.656. The molecule has 0 aromatic carbocycles. The molecule has 122 valence electrons. The summed E-state index contributed by atoms with van der Waals surface area (Å²) in [5.41, 5.74) is 2.14. The zero-order valence-corrected chi connectivity index (χ0v) is 13.8. The number of rotatable bonds is 4. The zero-order valence-electron chi connectivity index (χ0n) is 13.8. The van der Waals surface area contributed by atoms with Gasteiger partial charge in [0.25, 0.3) is 0 Å². The molecular weight excluding hydrogens is 290 g/mol. The second kappa shape index (κ2) is 5.79. The summed E-state index contributed by atoms with van der Waals surface area (Å²) < 4.78 is 2.22. The Morgan fingerprint density at radius 2 is 1.83 bits per heavy atom. The molecule has 2 aliphatic heterocycles. The normalized spacial score (nSPS) is 16.9. The lowest BCUT2D eigenvalue weighted by molar-refractivity contribution is 0.695. The van der Waals surface area contributed by atoms with Crippen molar-refractivity contribution < 1.29 is 0 Å². The summed E-state index contributed by atoms with van der Waals surface area (Å²) in [6.07, 6.45) is 4.66. The molecule has 4 rings (SSSR count). The minimum atomic E-state index is 0.656. The number of hydrogen-bond donors (Lipinski definition) is 1. The topological polar surface area (TPSA) is 71.8 Å². The summed E-state index contributed by atoms with van der Waals surface area (Å²) in [7, 11) is 0. The first kappa shape index (κ1) is 14.4. The van der Waals surface area contributed by atoms with E-state index in [4.69, 9.17) is 4.98 Å². The SMILES string of the molecule is Cc1nc(N2CCCC2)nc(NCc2nnc3n2CCC3)c1C. The fraction of sp³-hybridized carbons (Fsp3) is 0.625. The van der Waals surface area contributed by atoms with Crippen molar-refractivity contribution in [1.82, 2.24) is 24.7 Å². The first-order valence-corrected chi connectivity index (χ1v) is 8.47. The Bertz CT molecular complexity index is 715. The van der Waals surface area contributed by atoms with Crippen molar-refractivity contribution >= 4 is 11.8 Å². The molecule has 0 saturated carbocycles. The van der Waals surface area contributed by atoms with E-state index < -0.39 is 0 Å². The first-order chi connectivity index (χ1) is 11.2. The van der Waals surface area contributed by atoms with Crippen LogP contribution in [0.3, 0.4) is 0 Å². The summed E-state index contributed by atoms with van der Waals surface area (Å²) in [6, 6.07) is 0. The van der Waals surface area contributed by atoms with Gasteiger partial charge in [-0.1, -0.05) is 0 Å². The third-order valence-corrected chi connectivity index (χ3v) is 4.87. The van der Waals surface area contributed by atoms with E-state index in [0.29, 0.717) is 6.54 Å². The molecular formula is C16H23N7. The van der Waals surface area contributed by atoms with Crippen LogP contribution in [0.5, 0.6) is 0 Å². The molecule has 23 heavy (non-hydrogen) atoms. The zero-order chi connectivity index (χ0) is 15.8. The largest absolute Gasteiger partial charge is 0.362 e. The average Bonchev–Trinajstić information content (AvgIpc) is 3.26. The van der Waals surface area contributed by atoms with Crippen molar-refractivity contribution in [3.8, 4) is 0 Å². The van der Waals surface area contributed by atoms with Gasteiger partial charge in [0.1, 0.15) is 11.6 Å². The van der Waals surface area contributed by atoms with E-state index in [1.54, 1.807) is 0 Å². The Balaban J connectivity index is 1.55. The molecule has 2 aromatic rings. The van der Waals surface area contributed by atoms with Gasteiger partial charge in [-0.3, -0.25) is 0 Å². The Morgan fingerprint density at radius 1 is 1.00 bits per heavy atom. The molecule has 0 aliphatic carbocycles. The van der Waals surface area contributed by atoms with Crippen molar-refractivity contribution in [2.75, 3.05) is 23.3 Å². The van der Waals surface area contributed by atoms with Crippen LogP contribution in [0, 0.1) is 13.8 Å². The summed E-state index contributed by atoms with van der Waals surface area (Å²) >= 11 is 0. The molecule has 7 nitrogen and oxygen atoms in total. The van der Waals surface area contributed by atoms with E-state index in [9.17, 15) is 0 Å². The smallest absolute Gasteiger partial charge is 0.227 e. The fourth-order valence-corrected chi connectivity index (χ4v) is 3.35. The number of aryl methyl sites for hydroxylation is 2. The van der Waals surface area contributed by atoms with Crippen LogP contribution in [-0.4, -0.2) is 37.8 Å². The number of aromatic nitrogens is 5. The Labute approximate surface area is 136 Å². The molecule has 0 bridgehead atoms. The predicted octanol–water partition coefficient (Wildman–Crippen LogP) is 1.84. The molecule has 2 aliphatic rings. The number of anilines is 2. The number of hydrogen-bond acceptors (Lipinski definition) is 6. The lowest BCUT2D eigenvalue weighted by Crippen LogP contribution is -2.22. The van der Waals surface area contributed by atoms with Crippen LogP contribution in [0.4, 0.5) is 11.8 Å². The van der Waals surface area contributed by atoms with Crippen molar-refractivity contribution in [1.29, 1.82) is 0 Å². The van der Waals surface area contributed by atoms with Gasteiger partial charge in [-0.05, 0) is 33.1 Å². The third-order valence-electron chi connectivity index (χ3n) is 4.87. The summed E-state index contributed by atoms with van der Waals surface area (Å²) in [5, 5.41) is 12.0. The van der Waals surface area contributed by atoms with E-state index >= 15 is 0 Å².